The molecule has 4 aromatic rings. The average molecular weight is 474 g/mol. The highest BCUT2D eigenvalue weighted by atomic mass is 16.2. The highest BCUT2D eigenvalue weighted by Crippen LogP contribution is 2.22. The molecule has 5 rings (SSSR count). The van der Waals surface area contributed by atoms with Crippen LogP contribution < -0.4 is 21.9 Å². The maximum Gasteiger partial charge on any atom is 0.332 e. The van der Waals surface area contributed by atoms with Gasteiger partial charge < -0.3 is 10.6 Å². The van der Waals surface area contributed by atoms with E-state index in [0.29, 0.717) is 29.5 Å². The fourth-order valence-corrected chi connectivity index (χ4v) is 4.80. The van der Waals surface area contributed by atoms with E-state index in [9.17, 15) is 9.59 Å². The van der Waals surface area contributed by atoms with Crippen LogP contribution in [-0.2, 0) is 20.1 Å². The maximum atomic E-state index is 13.8. The summed E-state index contributed by atoms with van der Waals surface area (Å²) in [7, 11) is 1.64. The number of quaternary nitrogens is 1. The van der Waals surface area contributed by atoms with Crippen LogP contribution in [-0.4, -0.2) is 47.8 Å². The number of piperidine rings is 1. The number of aromatic nitrogens is 6. The summed E-state index contributed by atoms with van der Waals surface area (Å²) in [6, 6.07) is 7.97. The monoisotopic (exact) mass is 473 g/mol. The van der Waals surface area contributed by atoms with Crippen molar-refractivity contribution in [1.29, 1.82) is 0 Å². The van der Waals surface area contributed by atoms with Gasteiger partial charge in [-0.1, -0.05) is 24.1 Å². The normalized spacial score (nSPS) is 16.0. The Bertz CT molecular complexity index is 1620. The molecule has 4 heterocycles. The Labute approximate surface area is 202 Å². The molecule has 0 amide bonds. The first-order chi connectivity index (χ1) is 16.9. The van der Waals surface area contributed by atoms with Gasteiger partial charge in [0.25, 0.3) is 5.56 Å². The lowest BCUT2D eigenvalue weighted by molar-refractivity contribution is -0.419. The summed E-state index contributed by atoms with van der Waals surface area (Å²) in [4.78, 5) is 43.1. The minimum atomic E-state index is -0.455. The van der Waals surface area contributed by atoms with Gasteiger partial charge in [-0.25, -0.2) is 14.8 Å². The standard InChI is InChI=1S/C25H28N8O2/c1-4-5-13-32-21-22(29-24(32)31-12-8-9-17(26)14-31)30(3)25(35)33(23(21)34)15-20-27-16(2)18-10-6-7-11-19(18)28-20/h6-7,10-11,17H,8-9,12-15,26H2,1-3H3/p+1/t17-/m1/s1. The number of fused-ring (bicyclic) bond motifs is 2. The van der Waals surface area contributed by atoms with Crippen molar-refractivity contribution in [3.63, 3.8) is 0 Å². The SMILES string of the molecule is CC#CCn1c(N2CCC[C@@H]([NH3+])C2)nc2c1c(=O)n(Cc1nc(C)c3ccccc3n1)c(=O)n2C. The largest absolute Gasteiger partial charge is 0.354 e. The summed E-state index contributed by atoms with van der Waals surface area (Å²) in [5.74, 6) is 7.03. The first-order valence-corrected chi connectivity index (χ1v) is 11.8. The number of hydrogen-bond donors (Lipinski definition) is 1. The number of benzene rings is 1. The lowest BCUT2D eigenvalue weighted by atomic mass is 10.1. The van der Waals surface area contributed by atoms with Crippen LogP contribution in [0.4, 0.5) is 5.95 Å². The second kappa shape index (κ2) is 9.00. The Morgan fingerprint density at radius 2 is 1.94 bits per heavy atom. The molecule has 35 heavy (non-hydrogen) atoms. The van der Waals surface area contributed by atoms with Gasteiger partial charge in [-0.05, 0) is 26.3 Å². The van der Waals surface area contributed by atoms with Gasteiger partial charge in [0.2, 0.25) is 5.95 Å². The van der Waals surface area contributed by atoms with E-state index in [1.165, 1.54) is 9.13 Å². The smallest absolute Gasteiger partial charge is 0.332 e. The van der Waals surface area contributed by atoms with E-state index in [1.54, 1.807) is 14.0 Å². The van der Waals surface area contributed by atoms with Crippen molar-refractivity contribution in [2.45, 2.75) is 45.8 Å². The van der Waals surface area contributed by atoms with Crippen LogP contribution in [0.25, 0.3) is 22.1 Å². The zero-order valence-electron chi connectivity index (χ0n) is 20.3. The number of rotatable bonds is 4. The first-order valence-electron chi connectivity index (χ1n) is 11.8. The van der Waals surface area contributed by atoms with Crippen molar-refractivity contribution in [3.05, 3.63) is 56.6 Å². The van der Waals surface area contributed by atoms with E-state index in [1.807, 2.05) is 35.8 Å². The summed E-state index contributed by atoms with van der Waals surface area (Å²) in [5, 5.41) is 0.943. The molecule has 10 nitrogen and oxygen atoms in total. The third kappa shape index (κ3) is 3.98. The molecule has 0 bridgehead atoms. The minimum absolute atomic E-state index is 0.0300. The summed E-state index contributed by atoms with van der Waals surface area (Å²) >= 11 is 0. The van der Waals surface area contributed by atoms with Crippen LogP contribution in [0.3, 0.4) is 0 Å². The molecule has 1 aromatic carbocycles. The van der Waals surface area contributed by atoms with Gasteiger partial charge in [0, 0.05) is 31.1 Å². The summed E-state index contributed by atoms with van der Waals surface area (Å²) in [6.45, 7) is 5.50. The third-order valence-electron chi connectivity index (χ3n) is 6.57. The first kappa shape index (κ1) is 22.8. The van der Waals surface area contributed by atoms with E-state index in [4.69, 9.17) is 4.98 Å². The van der Waals surface area contributed by atoms with Gasteiger partial charge in [0.1, 0.15) is 11.9 Å². The molecular formula is C25H29N8O2+. The van der Waals surface area contributed by atoms with E-state index >= 15 is 0 Å². The Morgan fingerprint density at radius 3 is 2.71 bits per heavy atom. The highest BCUT2D eigenvalue weighted by Gasteiger charge is 2.27. The fourth-order valence-electron chi connectivity index (χ4n) is 4.80. The van der Waals surface area contributed by atoms with E-state index in [2.05, 4.69) is 32.4 Å². The zero-order valence-corrected chi connectivity index (χ0v) is 20.3. The Hall–Kier alpha value is -3.97. The van der Waals surface area contributed by atoms with Gasteiger partial charge in [0.15, 0.2) is 11.2 Å². The van der Waals surface area contributed by atoms with Crippen LogP contribution in [0.1, 0.15) is 31.3 Å². The molecule has 0 unspecified atom stereocenters. The predicted octanol–water partition coefficient (Wildman–Crippen LogP) is 0.431. The number of hydrogen-bond acceptors (Lipinski definition) is 6. The van der Waals surface area contributed by atoms with Crippen LogP contribution in [0.2, 0.25) is 0 Å². The van der Waals surface area contributed by atoms with E-state index in [-0.39, 0.29) is 12.6 Å². The Balaban J connectivity index is 1.69. The molecule has 0 spiro atoms. The fraction of sp³-hybridized carbons (Fsp3) is 0.400. The molecule has 10 heteroatoms. The van der Waals surface area contributed by atoms with Crippen molar-refractivity contribution in [3.8, 4) is 11.8 Å². The molecule has 1 aliphatic heterocycles. The average Bonchev–Trinajstić information content (AvgIpc) is 3.24. The van der Waals surface area contributed by atoms with Crippen molar-refractivity contribution < 1.29 is 5.73 Å². The number of anilines is 1. The molecular weight excluding hydrogens is 444 g/mol. The highest BCUT2D eigenvalue weighted by molar-refractivity contribution is 5.80. The van der Waals surface area contributed by atoms with Gasteiger partial charge in [-0.15, -0.1) is 5.92 Å². The number of imidazole rings is 1. The molecule has 1 fully saturated rings. The summed E-state index contributed by atoms with van der Waals surface area (Å²) in [5.41, 5.74) is 5.63. The van der Waals surface area contributed by atoms with E-state index < -0.39 is 11.2 Å². The Kier molecular flexibility index (Phi) is 5.86. The molecule has 0 aliphatic carbocycles. The minimum Gasteiger partial charge on any atom is -0.354 e. The van der Waals surface area contributed by atoms with Gasteiger partial charge in [-0.2, -0.15) is 4.98 Å². The molecule has 3 aromatic heterocycles. The summed E-state index contributed by atoms with van der Waals surface area (Å²) in [6.07, 6.45) is 2.06. The number of aryl methyl sites for hydroxylation is 2. The van der Waals surface area contributed by atoms with Crippen molar-refractivity contribution in [1.82, 2.24) is 28.7 Å². The molecule has 0 saturated carbocycles. The number of para-hydroxylation sites is 1. The van der Waals surface area contributed by atoms with Gasteiger partial charge in [0.05, 0.1) is 25.2 Å². The lowest BCUT2D eigenvalue weighted by Gasteiger charge is -2.29. The quantitative estimate of drug-likeness (QED) is 0.430. The van der Waals surface area contributed by atoms with Crippen LogP contribution in [0.5, 0.6) is 0 Å². The molecule has 3 N–H and O–H groups in total. The molecule has 0 radical (unpaired) electrons. The molecule has 1 saturated heterocycles. The van der Waals surface area contributed by atoms with Gasteiger partial charge >= 0.3 is 5.69 Å². The lowest BCUT2D eigenvalue weighted by Crippen LogP contribution is -2.67. The van der Waals surface area contributed by atoms with Gasteiger partial charge in [-0.3, -0.25) is 18.5 Å². The zero-order chi connectivity index (χ0) is 24.7. The van der Waals surface area contributed by atoms with Crippen molar-refractivity contribution in [2.24, 2.45) is 7.05 Å². The third-order valence-corrected chi connectivity index (χ3v) is 6.57. The Morgan fingerprint density at radius 1 is 1.14 bits per heavy atom. The predicted molar refractivity (Wildman–Crippen MR) is 134 cm³/mol. The van der Waals surface area contributed by atoms with Crippen molar-refractivity contribution >= 4 is 28.0 Å². The van der Waals surface area contributed by atoms with Crippen LogP contribution in [0.15, 0.2) is 33.9 Å². The van der Waals surface area contributed by atoms with Crippen molar-refractivity contribution in [2.75, 3.05) is 18.0 Å². The molecule has 1 aliphatic rings. The number of nitrogens with zero attached hydrogens (tertiary/aromatic N) is 7. The molecule has 180 valence electrons. The van der Waals surface area contributed by atoms with Crippen LogP contribution in [0, 0.1) is 18.8 Å². The summed E-state index contributed by atoms with van der Waals surface area (Å²) < 4.78 is 4.44. The topological polar surface area (TPSA) is 118 Å². The molecule has 1 atom stereocenters. The second-order valence-electron chi connectivity index (χ2n) is 9.03. The van der Waals surface area contributed by atoms with Crippen LogP contribution >= 0.6 is 0 Å². The second-order valence-corrected chi connectivity index (χ2v) is 9.03. The van der Waals surface area contributed by atoms with E-state index in [0.717, 1.165) is 42.5 Å². The maximum absolute atomic E-state index is 13.8.